The second-order valence-electron chi connectivity index (χ2n) is 8.23. The first-order valence-electron chi connectivity index (χ1n) is 11.2. The van der Waals surface area contributed by atoms with Crippen molar-refractivity contribution in [2.24, 2.45) is 4.99 Å². The molecule has 0 saturated carbocycles. The lowest BCUT2D eigenvalue weighted by Gasteiger charge is -2.37. The van der Waals surface area contributed by atoms with Crippen LogP contribution in [0, 0.1) is 0 Å². The summed E-state index contributed by atoms with van der Waals surface area (Å²) in [5.74, 6) is -0.420. The highest BCUT2D eigenvalue weighted by Gasteiger charge is 2.41. The number of benzene rings is 1. The standard InChI is InChI=1S/C24H27ClN4O4S/c1-4-33-23(32)21-15(2)26-24-29(22(21)17-5-7-18(25)8-6-17)19(14-34-24)13-20(31)28-11-9-27(10-12-28)16(3)30/h5-8,14,22H,4,9-13H2,1-3H3. The summed E-state index contributed by atoms with van der Waals surface area (Å²) in [6.07, 6.45) is 0.172. The van der Waals surface area contributed by atoms with Crippen molar-refractivity contribution in [1.29, 1.82) is 0 Å². The zero-order valence-corrected chi connectivity index (χ0v) is 21.0. The van der Waals surface area contributed by atoms with E-state index in [0.29, 0.717) is 42.5 Å². The first kappa shape index (κ1) is 24.3. The first-order chi connectivity index (χ1) is 16.3. The average Bonchev–Trinajstić information content (AvgIpc) is 3.20. The van der Waals surface area contributed by atoms with E-state index in [0.717, 1.165) is 16.4 Å². The molecule has 4 rings (SSSR count). The maximum absolute atomic E-state index is 13.2. The molecule has 1 atom stereocenters. The minimum absolute atomic E-state index is 0.0184. The third-order valence-corrected chi connectivity index (χ3v) is 7.23. The van der Waals surface area contributed by atoms with E-state index in [-0.39, 0.29) is 24.8 Å². The molecule has 0 spiro atoms. The van der Waals surface area contributed by atoms with Gasteiger partial charge >= 0.3 is 5.97 Å². The molecule has 3 aliphatic rings. The van der Waals surface area contributed by atoms with Gasteiger partial charge in [-0.2, -0.15) is 0 Å². The highest BCUT2D eigenvalue weighted by Crippen LogP contribution is 2.45. The van der Waals surface area contributed by atoms with Crippen LogP contribution in [0.2, 0.25) is 5.02 Å². The van der Waals surface area contributed by atoms with Crippen molar-refractivity contribution in [2.45, 2.75) is 33.2 Å². The predicted molar refractivity (Wildman–Crippen MR) is 132 cm³/mol. The molecule has 3 heterocycles. The normalized spacial score (nSPS) is 20.1. The van der Waals surface area contributed by atoms with Crippen LogP contribution in [0.25, 0.3) is 0 Å². The van der Waals surface area contributed by atoms with Crippen LogP contribution in [-0.2, 0) is 19.1 Å². The van der Waals surface area contributed by atoms with E-state index in [2.05, 4.69) is 4.99 Å². The van der Waals surface area contributed by atoms with E-state index >= 15 is 0 Å². The highest BCUT2D eigenvalue weighted by atomic mass is 35.5. The summed E-state index contributed by atoms with van der Waals surface area (Å²) in [6, 6.07) is 6.85. The Morgan fingerprint density at radius 3 is 2.38 bits per heavy atom. The summed E-state index contributed by atoms with van der Waals surface area (Å²) in [5.41, 5.74) is 2.68. The van der Waals surface area contributed by atoms with Gasteiger partial charge in [0.1, 0.15) is 0 Å². The Labute approximate surface area is 208 Å². The molecule has 180 valence electrons. The van der Waals surface area contributed by atoms with E-state index in [1.807, 2.05) is 22.4 Å². The number of carbonyl (C=O) groups excluding carboxylic acids is 3. The Hall–Kier alpha value is -2.78. The van der Waals surface area contributed by atoms with Crippen LogP contribution in [-0.4, -0.2) is 70.4 Å². The van der Waals surface area contributed by atoms with E-state index < -0.39 is 12.0 Å². The molecular formula is C24H27ClN4O4S. The van der Waals surface area contributed by atoms with Gasteiger partial charge < -0.3 is 19.4 Å². The maximum atomic E-state index is 13.2. The summed E-state index contributed by atoms with van der Waals surface area (Å²) in [5, 5.41) is 3.24. The number of carbonyl (C=O) groups is 3. The summed E-state index contributed by atoms with van der Waals surface area (Å²) in [4.78, 5) is 47.9. The summed E-state index contributed by atoms with van der Waals surface area (Å²) in [6.45, 7) is 7.45. The largest absolute Gasteiger partial charge is 0.463 e. The SMILES string of the molecule is CCOC(=O)C1=C(C)N=C2SC=C(CC(=O)N3CCN(C(C)=O)CC3)N2C1c1ccc(Cl)cc1. The molecule has 2 amide bonds. The van der Waals surface area contributed by atoms with Crippen LogP contribution in [0.3, 0.4) is 0 Å². The average molecular weight is 503 g/mol. The number of fused-ring (bicyclic) bond motifs is 1. The smallest absolute Gasteiger partial charge is 0.338 e. The van der Waals surface area contributed by atoms with Crippen LogP contribution in [0.5, 0.6) is 0 Å². The Balaban J connectivity index is 1.60. The monoisotopic (exact) mass is 502 g/mol. The lowest BCUT2D eigenvalue weighted by Crippen LogP contribution is -2.50. The quantitative estimate of drug-likeness (QED) is 0.572. The minimum Gasteiger partial charge on any atom is -0.463 e. The van der Waals surface area contributed by atoms with Gasteiger partial charge in [-0.15, -0.1) is 0 Å². The van der Waals surface area contributed by atoms with Gasteiger partial charge in [0.2, 0.25) is 11.8 Å². The number of aliphatic imine (C=N–C) groups is 1. The molecule has 0 aromatic heterocycles. The number of esters is 1. The van der Waals surface area contributed by atoms with Crippen molar-refractivity contribution in [1.82, 2.24) is 14.7 Å². The lowest BCUT2D eigenvalue weighted by molar-refractivity contribution is -0.139. The molecule has 10 heteroatoms. The number of hydrogen-bond donors (Lipinski definition) is 0. The number of nitrogens with zero attached hydrogens (tertiary/aromatic N) is 4. The number of rotatable bonds is 5. The number of thioether (sulfide) groups is 1. The number of piperazine rings is 1. The Morgan fingerprint density at radius 1 is 1.12 bits per heavy atom. The van der Waals surface area contributed by atoms with Crippen molar-refractivity contribution < 1.29 is 19.1 Å². The minimum atomic E-state index is -0.479. The maximum Gasteiger partial charge on any atom is 0.338 e. The molecule has 0 radical (unpaired) electrons. The molecule has 1 aromatic carbocycles. The first-order valence-corrected chi connectivity index (χ1v) is 12.5. The van der Waals surface area contributed by atoms with Crippen LogP contribution in [0.15, 0.2) is 51.6 Å². The predicted octanol–water partition coefficient (Wildman–Crippen LogP) is 3.56. The molecule has 1 fully saturated rings. The third kappa shape index (κ3) is 4.86. The Morgan fingerprint density at radius 2 is 1.76 bits per heavy atom. The number of amides is 2. The molecule has 1 aromatic rings. The Bertz CT molecular complexity index is 1090. The number of halogens is 1. The van der Waals surface area contributed by atoms with Crippen molar-refractivity contribution in [2.75, 3.05) is 32.8 Å². The van der Waals surface area contributed by atoms with E-state index in [4.69, 9.17) is 16.3 Å². The van der Waals surface area contributed by atoms with E-state index in [9.17, 15) is 14.4 Å². The number of amidine groups is 1. The van der Waals surface area contributed by atoms with Gasteiger partial charge in [0, 0.05) is 43.8 Å². The van der Waals surface area contributed by atoms with Gasteiger partial charge in [-0.25, -0.2) is 9.79 Å². The zero-order valence-electron chi connectivity index (χ0n) is 19.4. The highest BCUT2D eigenvalue weighted by molar-refractivity contribution is 8.16. The summed E-state index contributed by atoms with van der Waals surface area (Å²) >= 11 is 7.56. The van der Waals surface area contributed by atoms with Crippen molar-refractivity contribution in [3.8, 4) is 0 Å². The van der Waals surface area contributed by atoms with Gasteiger partial charge in [0.25, 0.3) is 0 Å². The fourth-order valence-corrected chi connectivity index (χ4v) is 5.43. The third-order valence-electron chi connectivity index (χ3n) is 6.09. The van der Waals surface area contributed by atoms with Crippen molar-refractivity contribution in [3.05, 3.63) is 57.2 Å². The van der Waals surface area contributed by atoms with Gasteiger partial charge in [-0.3, -0.25) is 9.59 Å². The molecule has 0 aliphatic carbocycles. The molecular weight excluding hydrogens is 476 g/mol. The fourth-order valence-electron chi connectivity index (χ4n) is 4.34. The summed E-state index contributed by atoms with van der Waals surface area (Å²) < 4.78 is 5.36. The van der Waals surface area contributed by atoms with Crippen LogP contribution >= 0.6 is 23.4 Å². The second-order valence-corrected chi connectivity index (χ2v) is 9.50. The van der Waals surface area contributed by atoms with Crippen LogP contribution < -0.4 is 0 Å². The molecule has 34 heavy (non-hydrogen) atoms. The number of ether oxygens (including phenoxy) is 1. The molecule has 1 saturated heterocycles. The van der Waals surface area contributed by atoms with Crippen molar-refractivity contribution in [3.63, 3.8) is 0 Å². The van der Waals surface area contributed by atoms with Crippen LogP contribution in [0.4, 0.5) is 0 Å². The molecule has 1 unspecified atom stereocenters. The Kier molecular flexibility index (Phi) is 7.33. The van der Waals surface area contributed by atoms with E-state index in [1.54, 1.807) is 42.7 Å². The second kappa shape index (κ2) is 10.2. The lowest BCUT2D eigenvalue weighted by atomic mass is 9.94. The number of hydrogen-bond acceptors (Lipinski definition) is 7. The van der Waals surface area contributed by atoms with Gasteiger partial charge in [0.05, 0.1) is 30.3 Å². The molecule has 0 N–H and O–H groups in total. The van der Waals surface area contributed by atoms with Crippen LogP contribution in [0.1, 0.15) is 38.8 Å². The number of allylic oxidation sites excluding steroid dienone is 1. The zero-order chi connectivity index (χ0) is 24.4. The molecule has 0 bridgehead atoms. The molecule has 8 nitrogen and oxygen atoms in total. The fraction of sp³-hybridized carbons (Fsp3) is 0.417. The molecule has 3 aliphatic heterocycles. The van der Waals surface area contributed by atoms with Gasteiger partial charge in [-0.05, 0) is 37.0 Å². The van der Waals surface area contributed by atoms with Crippen molar-refractivity contribution >= 4 is 46.3 Å². The summed E-state index contributed by atoms with van der Waals surface area (Å²) in [7, 11) is 0. The topological polar surface area (TPSA) is 82.5 Å². The van der Waals surface area contributed by atoms with Gasteiger partial charge in [0.15, 0.2) is 5.17 Å². The van der Waals surface area contributed by atoms with E-state index in [1.165, 1.54) is 11.8 Å². The van der Waals surface area contributed by atoms with Gasteiger partial charge in [-0.1, -0.05) is 35.5 Å².